The van der Waals surface area contributed by atoms with Crippen LogP contribution < -0.4 is 0 Å². The Hall–Kier alpha value is -2.15. The zero-order chi connectivity index (χ0) is 23.4. The predicted molar refractivity (Wildman–Crippen MR) is 138 cm³/mol. The van der Waals surface area contributed by atoms with Crippen LogP contribution in [0.25, 0.3) is 0 Å². The van der Waals surface area contributed by atoms with Crippen molar-refractivity contribution in [2.75, 3.05) is 12.4 Å². The van der Waals surface area contributed by atoms with Crippen LogP contribution in [0.4, 0.5) is 0 Å². The monoisotopic (exact) mass is 478 g/mol. The van der Waals surface area contributed by atoms with E-state index in [1.54, 1.807) is 0 Å². The summed E-state index contributed by atoms with van der Waals surface area (Å²) in [4.78, 5) is 0. The Kier molecular flexibility index (Phi) is 10.0. The van der Waals surface area contributed by atoms with Gasteiger partial charge >= 0.3 is 0 Å². The molecule has 0 unspecified atom stereocenters. The lowest BCUT2D eigenvalue weighted by Gasteiger charge is -2.30. The van der Waals surface area contributed by atoms with E-state index in [-0.39, 0.29) is 30.2 Å². The van der Waals surface area contributed by atoms with Crippen LogP contribution in [-0.2, 0) is 34.0 Å². The Labute approximate surface area is 207 Å². The molecule has 34 heavy (non-hydrogen) atoms. The fourth-order valence-electron chi connectivity index (χ4n) is 4.23. The molecule has 0 bridgehead atoms. The molecule has 1 heterocycles. The molecule has 0 aromatic heterocycles. The second-order valence-corrected chi connectivity index (χ2v) is 9.81. The molecule has 3 aromatic rings. The smallest absolute Gasteiger partial charge is 0.0992 e. The van der Waals surface area contributed by atoms with E-state index < -0.39 is 0 Å². The first-order valence-electron chi connectivity index (χ1n) is 12.0. The van der Waals surface area contributed by atoms with E-state index in [1.165, 1.54) is 0 Å². The Bertz CT molecular complexity index is 938. The van der Waals surface area contributed by atoms with Crippen molar-refractivity contribution >= 4 is 11.8 Å². The highest BCUT2D eigenvalue weighted by Crippen LogP contribution is 2.37. The van der Waals surface area contributed by atoms with E-state index in [1.807, 2.05) is 66.4 Å². The van der Waals surface area contributed by atoms with Crippen LogP contribution in [0.5, 0.6) is 0 Å². The van der Waals surface area contributed by atoms with E-state index >= 15 is 0 Å². The molecule has 4 rings (SSSR count). The summed E-state index contributed by atoms with van der Waals surface area (Å²) in [5.74, 6) is 0.862. The summed E-state index contributed by atoms with van der Waals surface area (Å²) in [7, 11) is 0. The Balaban J connectivity index is 1.46. The van der Waals surface area contributed by atoms with Gasteiger partial charge in [0.2, 0.25) is 0 Å². The standard InChI is InChI=1S/C29H34O4S/c30-18-10-17-26(31-19-23-11-4-1-5-12-23)29-28(33-21-25-15-8-3-9-16-25)27(22-34-29)32-20-24-13-6-2-7-14-24/h1-9,11-16,26-30H,10,17-22H2/t26-,27-,28+,29-/m1/s1. The maximum absolute atomic E-state index is 9.51. The zero-order valence-corrected chi connectivity index (χ0v) is 20.3. The van der Waals surface area contributed by atoms with Crippen LogP contribution in [-0.4, -0.2) is 41.0 Å². The molecular weight excluding hydrogens is 444 g/mol. The number of benzene rings is 3. The summed E-state index contributed by atoms with van der Waals surface area (Å²) in [6, 6.07) is 30.8. The van der Waals surface area contributed by atoms with Gasteiger partial charge < -0.3 is 19.3 Å². The largest absolute Gasteiger partial charge is 0.396 e. The zero-order valence-electron chi connectivity index (χ0n) is 19.5. The fourth-order valence-corrected chi connectivity index (χ4v) is 5.80. The maximum Gasteiger partial charge on any atom is 0.0992 e. The van der Waals surface area contributed by atoms with Gasteiger partial charge in [-0.2, -0.15) is 11.8 Å². The molecule has 4 atom stereocenters. The van der Waals surface area contributed by atoms with Gasteiger partial charge in [-0.1, -0.05) is 91.0 Å². The fraction of sp³-hybridized carbons (Fsp3) is 0.379. The molecule has 3 aromatic carbocycles. The van der Waals surface area contributed by atoms with Crippen LogP contribution in [0.2, 0.25) is 0 Å². The van der Waals surface area contributed by atoms with Crippen LogP contribution in [0, 0.1) is 0 Å². The highest BCUT2D eigenvalue weighted by molar-refractivity contribution is 8.00. The highest BCUT2D eigenvalue weighted by Gasteiger charge is 2.43. The molecule has 1 fully saturated rings. The molecule has 0 saturated carbocycles. The van der Waals surface area contributed by atoms with Crippen molar-refractivity contribution in [3.63, 3.8) is 0 Å². The molecule has 0 radical (unpaired) electrons. The minimum Gasteiger partial charge on any atom is -0.396 e. The summed E-state index contributed by atoms with van der Waals surface area (Å²) in [5.41, 5.74) is 3.46. The first-order valence-corrected chi connectivity index (χ1v) is 13.1. The lowest BCUT2D eigenvalue weighted by atomic mass is 10.0. The van der Waals surface area contributed by atoms with Crippen molar-refractivity contribution in [2.45, 2.75) is 56.2 Å². The van der Waals surface area contributed by atoms with Crippen LogP contribution in [0.3, 0.4) is 0 Å². The van der Waals surface area contributed by atoms with Gasteiger partial charge in [0.15, 0.2) is 0 Å². The van der Waals surface area contributed by atoms with Crippen molar-refractivity contribution in [1.29, 1.82) is 0 Å². The van der Waals surface area contributed by atoms with E-state index in [2.05, 4.69) is 36.4 Å². The van der Waals surface area contributed by atoms with Crippen LogP contribution >= 0.6 is 11.8 Å². The van der Waals surface area contributed by atoms with Gasteiger partial charge in [0.1, 0.15) is 0 Å². The average molecular weight is 479 g/mol. The van der Waals surface area contributed by atoms with Crippen LogP contribution in [0.1, 0.15) is 29.5 Å². The molecule has 1 N–H and O–H groups in total. The molecule has 0 aliphatic carbocycles. The molecule has 0 spiro atoms. The third-order valence-electron chi connectivity index (χ3n) is 6.06. The van der Waals surface area contributed by atoms with Gasteiger partial charge in [0.05, 0.1) is 43.4 Å². The summed E-state index contributed by atoms with van der Waals surface area (Å²) in [5, 5.41) is 9.64. The molecular formula is C29H34O4S. The number of hydrogen-bond acceptors (Lipinski definition) is 5. The normalized spacial score (nSPS) is 20.9. The van der Waals surface area contributed by atoms with Crippen molar-refractivity contribution in [3.8, 4) is 0 Å². The first-order chi connectivity index (χ1) is 16.8. The maximum atomic E-state index is 9.51. The Morgan fingerprint density at radius 2 is 1.26 bits per heavy atom. The number of thioether (sulfide) groups is 1. The van der Waals surface area contributed by atoms with Gasteiger partial charge in [0, 0.05) is 12.4 Å². The third-order valence-corrected chi connectivity index (χ3v) is 7.53. The predicted octanol–water partition coefficient (Wildman–Crippen LogP) is 5.63. The van der Waals surface area contributed by atoms with Gasteiger partial charge in [0.25, 0.3) is 0 Å². The van der Waals surface area contributed by atoms with E-state index in [0.29, 0.717) is 26.2 Å². The van der Waals surface area contributed by atoms with E-state index in [4.69, 9.17) is 14.2 Å². The number of aliphatic hydroxyl groups is 1. The van der Waals surface area contributed by atoms with E-state index in [9.17, 15) is 5.11 Å². The first kappa shape index (κ1) is 25.0. The molecule has 5 heteroatoms. The van der Waals surface area contributed by atoms with Crippen LogP contribution in [0.15, 0.2) is 91.0 Å². The summed E-state index contributed by atoms with van der Waals surface area (Å²) < 4.78 is 19.4. The van der Waals surface area contributed by atoms with E-state index in [0.717, 1.165) is 28.9 Å². The lowest BCUT2D eigenvalue weighted by molar-refractivity contribution is -0.0905. The molecule has 1 aliphatic heterocycles. The molecule has 1 saturated heterocycles. The third kappa shape index (κ3) is 7.42. The Morgan fingerprint density at radius 3 is 1.82 bits per heavy atom. The SMILES string of the molecule is OCCC[C@@H](OCc1ccccc1)[C@H]1SC[C@@H](OCc2ccccc2)[C@@H]1OCc1ccccc1. The molecule has 1 aliphatic rings. The second kappa shape index (κ2) is 13.7. The van der Waals surface area contributed by atoms with Gasteiger partial charge in [-0.25, -0.2) is 0 Å². The van der Waals surface area contributed by atoms with Crippen molar-refractivity contribution in [1.82, 2.24) is 0 Å². The van der Waals surface area contributed by atoms with Gasteiger partial charge in [-0.15, -0.1) is 0 Å². The summed E-state index contributed by atoms with van der Waals surface area (Å²) in [6.07, 6.45) is 1.36. The quantitative estimate of drug-likeness (QED) is 0.345. The molecule has 180 valence electrons. The summed E-state index contributed by atoms with van der Waals surface area (Å²) >= 11 is 1.87. The molecule has 4 nitrogen and oxygen atoms in total. The minimum absolute atomic E-state index is 0.0177. The van der Waals surface area contributed by atoms with Crippen molar-refractivity contribution in [2.24, 2.45) is 0 Å². The molecule has 0 amide bonds. The van der Waals surface area contributed by atoms with Gasteiger partial charge in [-0.05, 0) is 29.5 Å². The highest BCUT2D eigenvalue weighted by atomic mass is 32.2. The lowest BCUT2D eigenvalue weighted by Crippen LogP contribution is -2.41. The number of aliphatic hydroxyl groups excluding tert-OH is 1. The summed E-state index contributed by atoms with van der Waals surface area (Å²) in [6.45, 7) is 1.82. The number of hydrogen-bond donors (Lipinski definition) is 1. The number of rotatable bonds is 13. The second-order valence-electron chi connectivity index (χ2n) is 8.60. The Morgan fingerprint density at radius 1 is 0.735 bits per heavy atom. The van der Waals surface area contributed by atoms with Gasteiger partial charge in [-0.3, -0.25) is 0 Å². The topological polar surface area (TPSA) is 47.9 Å². The minimum atomic E-state index is -0.0895. The van der Waals surface area contributed by atoms with Crippen molar-refractivity contribution in [3.05, 3.63) is 108 Å². The average Bonchev–Trinajstić information content (AvgIpc) is 3.30. The van der Waals surface area contributed by atoms with Crippen molar-refractivity contribution < 1.29 is 19.3 Å². The number of ether oxygens (including phenoxy) is 3.